The molecule has 0 radical (unpaired) electrons. The minimum absolute atomic E-state index is 0. The third-order valence-corrected chi connectivity index (χ3v) is 1.000. The number of rotatable bonds is 0. The fourth-order valence-electron chi connectivity index (χ4n) is 0.471. The summed E-state index contributed by atoms with van der Waals surface area (Å²) in [5, 5.41) is 56.1. The van der Waals surface area contributed by atoms with Crippen molar-refractivity contribution in [3.8, 4) is 0 Å². The molecule has 23 heteroatoms. The predicted molar refractivity (Wildman–Crippen MR) is 55.1 cm³/mol. The van der Waals surface area contributed by atoms with Gasteiger partial charge in [0.25, 0.3) is 36.9 Å². The van der Waals surface area contributed by atoms with Gasteiger partial charge in [-0.15, -0.1) is 0 Å². The van der Waals surface area contributed by atoms with E-state index < -0.39 is 55.4 Å². The van der Waals surface area contributed by atoms with Crippen LogP contribution in [0.1, 0.15) is 0 Å². The van der Waals surface area contributed by atoms with Crippen LogP contribution in [0.2, 0.25) is 0 Å². The van der Waals surface area contributed by atoms with Crippen molar-refractivity contribution in [3.63, 3.8) is 0 Å². The van der Waals surface area contributed by atoms with Gasteiger partial charge in [-0.05, 0) is 0 Å². The summed E-state index contributed by atoms with van der Waals surface area (Å²) in [4.78, 5) is 85.4. The van der Waals surface area contributed by atoms with E-state index in [1.165, 1.54) is 0 Å². The summed E-state index contributed by atoms with van der Waals surface area (Å²) in [6.45, 7) is 0. The number of carbonyl (C=O) groups is 9. The van der Waals surface area contributed by atoms with Crippen molar-refractivity contribution < 1.29 is 201 Å². The zero-order valence-electron chi connectivity index (χ0n) is 13.8. The summed E-state index contributed by atoms with van der Waals surface area (Å²) in [6.07, 6.45) is -19.0. The van der Waals surface area contributed by atoms with Crippen LogP contribution in [0.15, 0.2) is 0 Å². The molecule has 0 aliphatic heterocycles. The van der Waals surface area contributed by atoms with Gasteiger partial charge in [-0.25, -0.2) is 14.4 Å². The number of carbonyl (C=O) groups excluding carboxylic acids is 9. The van der Waals surface area contributed by atoms with E-state index in [9.17, 15) is 73.8 Å². The first kappa shape index (κ1) is 40.2. The van der Waals surface area contributed by atoms with Gasteiger partial charge >= 0.3 is 117 Å². The Morgan fingerprint density at radius 3 is 0.469 bits per heavy atom. The normalized spacial score (nSPS) is 7.50. The van der Waals surface area contributed by atoms with Crippen molar-refractivity contribution in [2.75, 3.05) is 0 Å². The summed E-state index contributed by atoms with van der Waals surface area (Å²) in [5.41, 5.74) is 0. The first-order valence-corrected chi connectivity index (χ1v) is 5.51. The second kappa shape index (κ2) is 23.5. The van der Waals surface area contributed by atoms with Crippen molar-refractivity contribution in [1.82, 2.24) is 0 Å². The van der Waals surface area contributed by atoms with Crippen LogP contribution in [0.5, 0.6) is 0 Å². The summed E-state index contributed by atoms with van der Waals surface area (Å²) in [7, 11) is 0. The molecule has 21 nitrogen and oxygen atoms in total. The molecular weight excluding hydrogens is 748 g/mol. The van der Waals surface area contributed by atoms with Gasteiger partial charge in [0.15, 0.2) is 0 Å². The first-order valence-electron chi connectivity index (χ1n) is 5.51. The Balaban J connectivity index is -0.000000110. The molecule has 0 amide bonds. The fourth-order valence-corrected chi connectivity index (χ4v) is 0.471. The Bertz CT molecular complexity index is 561. The minimum Gasteiger partial charge on any atom is -0.467 e. The van der Waals surface area contributed by atoms with Crippen molar-refractivity contribution >= 4 is 55.4 Å². The van der Waals surface area contributed by atoms with Crippen molar-refractivity contribution in [1.29, 1.82) is 0 Å². The number of hydrogen-bond acceptors (Lipinski definition) is 21. The largest absolute Gasteiger partial charge is 3.00 e. The van der Waals surface area contributed by atoms with Crippen LogP contribution in [0.3, 0.4) is 0 Å². The Labute approximate surface area is 253 Å². The minimum atomic E-state index is -2.20. The smallest absolute Gasteiger partial charge is 0.467 e. The van der Waals surface area contributed by atoms with Crippen LogP contribution >= 0.6 is 0 Å². The molecule has 0 fully saturated rings. The van der Waals surface area contributed by atoms with E-state index in [2.05, 4.69) is 28.4 Å². The molecule has 0 saturated carbocycles. The number of ether oxygens (including phenoxy) is 6. The van der Waals surface area contributed by atoms with Gasteiger partial charge in [-0.1, -0.05) is 0 Å². The second-order valence-electron chi connectivity index (χ2n) is 2.86. The molecule has 0 aromatic heterocycles. The molecular formula is C9Eu2O21. The molecule has 0 bridgehead atoms. The van der Waals surface area contributed by atoms with E-state index >= 15 is 0 Å². The van der Waals surface area contributed by atoms with E-state index in [0.717, 1.165) is 0 Å². The number of carboxylic acid groups (broad SMARTS) is 6. The Morgan fingerprint density at radius 2 is 0.406 bits per heavy atom. The van der Waals surface area contributed by atoms with Gasteiger partial charge in [0.05, 0.1) is 0 Å². The van der Waals surface area contributed by atoms with Gasteiger partial charge in [0.1, 0.15) is 0 Å². The first-order chi connectivity index (χ1) is 13.6. The third-order valence-electron chi connectivity index (χ3n) is 1.000. The average molecular weight is 748 g/mol. The maximum absolute atomic E-state index is 9.78. The zero-order valence-corrected chi connectivity index (χ0v) is 18.7. The molecule has 0 heterocycles. The second-order valence-corrected chi connectivity index (χ2v) is 2.86. The standard InChI is InChI=1S/3C3H2O7.2Eu/c3*4-1(5)9-3(8)10-2(6)7;;/h3*(H,4,5)(H,6,7);;/q;;;2*+3/p-6. The molecule has 0 aliphatic carbocycles. The number of hydrogen-bond donors (Lipinski definition) is 0. The molecule has 32 heavy (non-hydrogen) atoms. The van der Waals surface area contributed by atoms with Crippen LogP contribution in [0, 0.1) is 98.8 Å². The van der Waals surface area contributed by atoms with E-state index in [-0.39, 0.29) is 98.8 Å². The Hall–Kier alpha value is -2.20. The van der Waals surface area contributed by atoms with Crippen LogP contribution in [-0.2, 0) is 28.4 Å². The van der Waals surface area contributed by atoms with E-state index in [1.54, 1.807) is 0 Å². The van der Waals surface area contributed by atoms with Gasteiger partial charge in [0.2, 0.25) is 0 Å². The molecule has 0 atom stereocenters. The monoisotopic (exact) mass is 750 g/mol. The summed E-state index contributed by atoms with van der Waals surface area (Å²) < 4.78 is 18.5. The van der Waals surface area contributed by atoms with E-state index in [0.29, 0.717) is 0 Å². The van der Waals surface area contributed by atoms with E-state index in [1.807, 2.05) is 0 Å². The van der Waals surface area contributed by atoms with Gasteiger partial charge in [0, 0.05) is 0 Å². The molecule has 0 aromatic rings. The van der Waals surface area contributed by atoms with Gasteiger partial charge < -0.3 is 87.8 Å². The van der Waals surface area contributed by atoms with Crippen LogP contribution < -0.4 is 30.6 Å². The quantitative estimate of drug-likeness (QED) is 0.126. The molecule has 0 unspecified atom stereocenters. The van der Waals surface area contributed by atoms with Crippen LogP contribution in [0.25, 0.3) is 0 Å². The predicted octanol–water partition coefficient (Wildman–Crippen LogP) is -6.52. The molecule has 0 N–H and O–H groups in total. The molecule has 0 saturated heterocycles. The van der Waals surface area contributed by atoms with Crippen molar-refractivity contribution in [3.05, 3.63) is 0 Å². The third kappa shape index (κ3) is 42.0. The Kier molecular flexibility index (Phi) is 29.5. The van der Waals surface area contributed by atoms with Crippen molar-refractivity contribution in [2.45, 2.75) is 0 Å². The molecule has 0 aliphatic rings. The maximum Gasteiger partial charge on any atom is 3.00 e. The van der Waals surface area contributed by atoms with Crippen LogP contribution in [-0.4, -0.2) is 55.4 Å². The zero-order chi connectivity index (χ0) is 24.4. The molecule has 0 spiro atoms. The maximum atomic E-state index is 9.78. The molecule has 176 valence electrons. The SMILES string of the molecule is O=C([O-])OC(=O)OC(=O)[O-].O=C([O-])OC(=O)OC(=O)[O-].O=C([O-])OC(=O)OC(=O)[O-].[Eu+3].[Eu+3]. The van der Waals surface area contributed by atoms with Crippen LogP contribution in [0.4, 0.5) is 43.2 Å². The van der Waals surface area contributed by atoms with E-state index in [4.69, 9.17) is 0 Å². The summed E-state index contributed by atoms with van der Waals surface area (Å²) in [5.74, 6) is 0. The topological polar surface area (TPSA) is 347 Å². The molecule has 0 rings (SSSR count). The van der Waals surface area contributed by atoms with Crippen molar-refractivity contribution in [2.24, 2.45) is 0 Å². The fraction of sp³-hybridized carbons (Fsp3) is 0. The van der Waals surface area contributed by atoms with Gasteiger partial charge in [-0.2, -0.15) is 0 Å². The summed E-state index contributed by atoms with van der Waals surface area (Å²) in [6, 6.07) is 0. The summed E-state index contributed by atoms with van der Waals surface area (Å²) >= 11 is 0. The molecule has 0 aromatic carbocycles. The average Bonchev–Trinajstić information content (AvgIpc) is 2.42. The Morgan fingerprint density at radius 1 is 0.312 bits per heavy atom. The van der Waals surface area contributed by atoms with Gasteiger partial charge in [-0.3, -0.25) is 0 Å².